The number of aromatic nitrogens is 1. The highest BCUT2D eigenvalue weighted by molar-refractivity contribution is 7.14. The van der Waals surface area contributed by atoms with Crippen LogP contribution in [0.25, 0.3) is 10.6 Å². The number of rotatable bonds is 2. The summed E-state index contributed by atoms with van der Waals surface area (Å²) in [6.07, 6.45) is 0. The van der Waals surface area contributed by atoms with Crippen molar-refractivity contribution < 1.29 is 9.26 Å². The summed E-state index contributed by atoms with van der Waals surface area (Å²) in [5.41, 5.74) is 6.12. The second-order valence-corrected chi connectivity index (χ2v) is 3.35. The summed E-state index contributed by atoms with van der Waals surface area (Å²) in [5, 5.41) is 5.73. The molecule has 0 radical (unpaired) electrons. The first-order chi connectivity index (χ1) is 6.31. The van der Waals surface area contributed by atoms with E-state index in [0.717, 1.165) is 10.6 Å². The minimum atomic E-state index is 0.311. The lowest BCUT2D eigenvalue weighted by atomic mass is 10.3. The van der Waals surface area contributed by atoms with E-state index in [4.69, 9.17) is 15.0 Å². The predicted octanol–water partition coefficient (Wildman–Crippen LogP) is 1.99. The van der Waals surface area contributed by atoms with Gasteiger partial charge in [-0.05, 0) is 11.4 Å². The number of hydrogen-bond acceptors (Lipinski definition) is 5. The zero-order valence-electron chi connectivity index (χ0n) is 6.98. The quantitative estimate of drug-likeness (QED) is 0.797. The van der Waals surface area contributed by atoms with E-state index in [-0.39, 0.29) is 0 Å². The van der Waals surface area contributed by atoms with Crippen molar-refractivity contribution in [2.75, 3.05) is 12.8 Å². The number of nitrogens with zero attached hydrogens (tertiary/aromatic N) is 1. The summed E-state index contributed by atoms with van der Waals surface area (Å²) in [6.45, 7) is 0. The van der Waals surface area contributed by atoms with Crippen LogP contribution in [-0.2, 0) is 0 Å². The second kappa shape index (κ2) is 3.10. The van der Waals surface area contributed by atoms with Crippen LogP contribution in [0.2, 0.25) is 0 Å². The topological polar surface area (TPSA) is 61.3 Å². The van der Waals surface area contributed by atoms with Crippen molar-refractivity contribution in [2.45, 2.75) is 0 Å². The van der Waals surface area contributed by atoms with Gasteiger partial charge in [-0.3, -0.25) is 0 Å². The smallest absolute Gasteiger partial charge is 0.222 e. The van der Waals surface area contributed by atoms with Crippen molar-refractivity contribution in [3.8, 4) is 16.3 Å². The predicted molar refractivity (Wildman–Crippen MR) is 50.8 cm³/mol. The van der Waals surface area contributed by atoms with Crippen LogP contribution < -0.4 is 10.5 Å². The Bertz CT molecular complexity index is 408. The van der Waals surface area contributed by atoms with Crippen LogP contribution in [0.5, 0.6) is 5.75 Å². The molecule has 2 N–H and O–H groups in total. The third kappa shape index (κ3) is 1.38. The first-order valence-electron chi connectivity index (χ1n) is 3.65. The van der Waals surface area contributed by atoms with Crippen molar-refractivity contribution in [3.05, 3.63) is 17.5 Å². The van der Waals surface area contributed by atoms with E-state index in [1.807, 2.05) is 11.4 Å². The Kier molecular flexibility index (Phi) is 1.94. The van der Waals surface area contributed by atoms with Crippen LogP contribution >= 0.6 is 11.3 Å². The highest BCUT2D eigenvalue weighted by Gasteiger charge is 2.11. The van der Waals surface area contributed by atoms with Crippen LogP contribution in [0.3, 0.4) is 0 Å². The molecule has 4 nitrogen and oxygen atoms in total. The molecule has 0 atom stereocenters. The molecule has 0 aromatic carbocycles. The summed E-state index contributed by atoms with van der Waals surface area (Å²) < 4.78 is 9.90. The highest BCUT2D eigenvalue weighted by Crippen LogP contribution is 2.34. The van der Waals surface area contributed by atoms with Gasteiger partial charge in [0, 0.05) is 6.07 Å². The Morgan fingerprint density at radius 2 is 2.46 bits per heavy atom. The number of anilines is 1. The second-order valence-electron chi connectivity index (χ2n) is 2.43. The van der Waals surface area contributed by atoms with Crippen LogP contribution in [0.15, 0.2) is 22.0 Å². The van der Waals surface area contributed by atoms with Gasteiger partial charge in [0.05, 0.1) is 12.0 Å². The minimum absolute atomic E-state index is 0.311. The fourth-order valence-corrected chi connectivity index (χ4v) is 1.85. The lowest BCUT2D eigenvalue weighted by Gasteiger charge is -1.96. The number of nitrogen functional groups attached to an aromatic ring is 1. The number of nitrogens with two attached hydrogens (primary N) is 1. The van der Waals surface area contributed by atoms with Crippen molar-refractivity contribution in [1.29, 1.82) is 0 Å². The highest BCUT2D eigenvalue weighted by atomic mass is 32.1. The molecule has 2 heterocycles. The Hall–Kier alpha value is -1.49. The molecule has 13 heavy (non-hydrogen) atoms. The third-order valence-corrected chi connectivity index (χ3v) is 2.53. The first kappa shape index (κ1) is 8.12. The van der Waals surface area contributed by atoms with Gasteiger partial charge >= 0.3 is 0 Å². The Morgan fingerprint density at radius 1 is 1.62 bits per heavy atom. The van der Waals surface area contributed by atoms with Gasteiger partial charge < -0.3 is 15.0 Å². The normalized spacial score (nSPS) is 10.2. The van der Waals surface area contributed by atoms with E-state index in [9.17, 15) is 0 Å². The van der Waals surface area contributed by atoms with Crippen LogP contribution in [0, 0.1) is 0 Å². The summed E-state index contributed by atoms with van der Waals surface area (Å²) in [7, 11) is 1.62. The monoisotopic (exact) mass is 196 g/mol. The summed E-state index contributed by atoms with van der Waals surface area (Å²) >= 11 is 1.54. The molecule has 0 fully saturated rings. The summed E-state index contributed by atoms with van der Waals surface area (Å²) in [4.78, 5) is 0.933. The van der Waals surface area contributed by atoms with Crippen LogP contribution in [-0.4, -0.2) is 12.3 Å². The van der Waals surface area contributed by atoms with Gasteiger partial charge in [0.1, 0.15) is 11.4 Å². The molecule has 2 aromatic heterocycles. The lowest BCUT2D eigenvalue weighted by molar-refractivity contribution is 0.416. The van der Waals surface area contributed by atoms with E-state index in [1.54, 1.807) is 13.2 Å². The Balaban J connectivity index is 2.45. The molecule has 2 rings (SSSR count). The Labute approximate surface area is 78.9 Å². The first-order valence-corrected chi connectivity index (χ1v) is 4.53. The fourth-order valence-electron chi connectivity index (χ4n) is 1.04. The summed E-state index contributed by atoms with van der Waals surface area (Å²) in [6, 6.07) is 3.55. The molecule has 0 spiro atoms. The van der Waals surface area contributed by atoms with Crippen molar-refractivity contribution in [1.82, 2.24) is 5.16 Å². The molecule has 0 saturated heterocycles. The molecular formula is C8H8N2O2S. The molecule has 0 aliphatic rings. The molecule has 2 aromatic rings. The molecular weight excluding hydrogens is 188 g/mol. The van der Waals surface area contributed by atoms with E-state index in [0.29, 0.717) is 11.6 Å². The van der Waals surface area contributed by atoms with Crippen LogP contribution in [0.4, 0.5) is 5.88 Å². The van der Waals surface area contributed by atoms with Crippen molar-refractivity contribution in [2.24, 2.45) is 0 Å². The number of hydrogen-bond donors (Lipinski definition) is 1. The molecule has 0 unspecified atom stereocenters. The molecule has 0 amide bonds. The number of methoxy groups -OCH3 is 1. The van der Waals surface area contributed by atoms with Gasteiger partial charge in [-0.25, -0.2) is 0 Å². The average Bonchev–Trinajstić information content (AvgIpc) is 2.71. The maximum Gasteiger partial charge on any atom is 0.222 e. The minimum Gasteiger partial charge on any atom is -0.495 e. The van der Waals surface area contributed by atoms with Crippen molar-refractivity contribution >= 4 is 17.2 Å². The zero-order chi connectivity index (χ0) is 9.26. The Morgan fingerprint density at radius 3 is 3.08 bits per heavy atom. The molecule has 0 aliphatic heterocycles. The molecule has 0 saturated carbocycles. The zero-order valence-corrected chi connectivity index (χ0v) is 7.80. The van der Waals surface area contributed by atoms with Crippen molar-refractivity contribution in [3.63, 3.8) is 0 Å². The van der Waals surface area contributed by atoms with Gasteiger partial charge in [0.2, 0.25) is 5.88 Å². The van der Waals surface area contributed by atoms with Gasteiger partial charge in [-0.2, -0.15) is 0 Å². The van der Waals surface area contributed by atoms with E-state index < -0.39 is 0 Å². The lowest BCUT2D eigenvalue weighted by Crippen LogP contribution is -1.81. The fraction of sp³-hybridized carbons (Fsp3) is 0.125. The van der Waals surface area contributed by atoms with Gasteiger partial charge in [0.25, 0.3) is 0 Å². The van der Waals surface area contributed by atoms with Gasteiger partial charge in [-0.15, -0.1) is 11.3 Å². The maximum absolute atomic E-state index is 5.41. The largest absolute Gasteiger partial charge is 0.495 e. The molecule has 68 valence electrons. The van der Waals surface area contributed by atoms with E-state index >= 15 is 0 Å². The standard InChI is InChI=1S/C8H8N2O2S/c1-11-6-2-3-13-8(6)5-4-7(9)12-10-5/h2-4H,9H2,1H3. The van der Waals surface area contributed by atoms with E-state index in [1.165, 1.54) is 11.3 Å². The average molecular weight is 196 g/mol. The number of ether oxygens (including phenoxy) is 1. The molecule has 0 aliphatic carbocycles. The SMILES string of the molecule is COc1ccsc1-c1cc(N)on1. The van der Waals surface area contributed by atoms with Crippen LogP contribution in [0.1, 0.15) is 0 Å². The number of thiophene rings is 1. The van der Waals surface area contributed by atoms with E-state index in [2.05, 4.69) is 5.16 Å². The molecule has 5 heteroatoms. The third-order valence-electron chi connectivity index (χ3n) is 1.61. The maximum atomic E-state index is 5.41. The summed E-state index contributed by atoms with van der Waals surface area (Å²) in [5.74, 6) is 1.10. The van der Waals surface area contributed by atoms with Gasteiger partial charge in [-0.1, -0.05) is 5.16 Å². The van der Waals surface area contributed by atoms with Gasteiger partial charge in [0.15, 0.2) is 0 Å². The molecule has 0 bridgehead atoms.